The van der Waals surface area contributed by atoms with E-state index in [-0.39, 0.29) is 13.0 Å². The van der Waals surface area contributed by atoms with Crippen molar-refractivity contribution in [3.8, 4) is 0 Å². The molecule has 11 heteroatoms. The first-order chi connectivity index (χ1) is 18.8. The van der Waals surface area contributed by atoms with Crippen molar-refractivity contribution in [3.05, 3.63) is 86.9 Å². The summed E-state index contributed by atoms with van der Waals surface area (Å²) >= 11 is 1.17. The van der Waals surface area contributed by atoms with Crippen LogP contribution < -0.4 is 10.6 Å². The number of amides is 3. The summed E-state index contributed by atoms with van der Waals surface area (Å²) in [6, 6.07) is 15.1. The number of thiazole rings is 1. The normalized spacial score (nSPS) is 12.9. The van der Waals surface area contributed by atoms with E-state index in [0.717, 1.165) is 11.1 Å². The number of aliphatic hydroxyl groups excluding tert-OH is 1. The highest BCUT2D eigenvalue weighted by Crippen LogP contribution is 2.19. The van der Waals surface area contributed by atoms with Crippen LogP contribution in [0.4, 0.5) is 8.78 Å². The molecule has 214 valence electrons. The molecule has 0 radical (unpaired) electrons. The number of halogens is 2. The van der Waals surface area contributed by atoms with Gasteiger partial charge in [0.15, 0.2) is 6.10 Å². The lowest BCUT2D eigenvalue weighted by molar-refractivity contribution is -0.149. The second kappa shape index (κ2) is 13.6. The van der Waals surface area contributed by atoms with E-state index in [1.165, 1.54) is 11.3 Å². The van der Waals surface area contributed by atoms with Crippen LogP contribution in [0.1, 0.15) is 44.0 Å². The first-order valence-electron chi connectivity index (χ1n) is 12.8. The SMILES string of the molecule is Cc1nc(C)c(C(=O)NC(Cc2ccccc2)C(O)C(=O)N(CC(=O)NCc2ccccc2C)CC(C)(F)F)s1. The number of alkyl halides is 2. The standard InChI is InChI=1S/C29H34F2N4O4S/c1-18-10-8-9-13-22(18)15-32-24(36)16-35(17-29(4,30)31)28(39)25(37)23(14-21-11-6-5-7-12-21)34-27(38)26-19(2)33-20(3)40-26/h5-13,23,25,37H,14-17H2,1-4H3,(H,32,36)(H,34,38). The van der Waals surface area contributed by atoms with Crippen LogP contribution in [0.2, 0.25) is 0 Å². The number of carbonyl (C=O) groups is 3. The van der Waals surface area contributed by atoms with E-state index >= 15 is 0 Å². The highest BCUT2D eigenvalue weighted by atomic mass is 32.1. The smallest absolute Gasteiger partial charge is 0.263 e. The number of nitrogens with one attached hydrogen (secondary N) is 2. The minimum absolute atomic E-state index is 0.0478. The van der Waals surface area contributed by atoms with Gasteiger partial charge in [-0.1, -0.05) is 54.6 Å². The third-order valence-corrected chi connectivity index (χ3v) is 7.28. The summed E-state index contributed by atoms with van der Waals surface area (Å²) in [6.45, 7) is 4.31. The van der Waals surface area contributed by atoms with E-state index in [0.29, 0.717) is 33.0 Å². The largest absolute Gasteiger partial charge is 0.381 e. The fourth-order valence-corrected chi connectivity index (χ4v) is 5.05. The van der Waals surface area contributed by atoms with Gasteiger partial charge in [0.05, 0.1) is 29.8 Å². The Kier molecular flexibility index (Phi) is 10.5. The molecule has 2 unspecified atom stereocenters. The summed E-state index contributed by atoms with van der Waals surface area (Å²) in [6.07, 6.45) is -1.85. The predicted molar refractivity (Wildman–Crippen MR) is 149 cm³/mol. The Morgan fingerprint density at radius 1 is 1.05 bits per heavy atom. The summed E-state index contributed by atoms with van der Waals surface area (Å²) in [4.78, 5) is 44.4. The molecule has 0 aliphatic heterocycles. The Morgan fingerprint density at radius 3 is 2.30 bits per heavy atom. The number of nitrogens with zero attached hydrogens (tertiary/aromatic N) is 2. The highest BCUT2D eigenvalue weighted by Gasteiger charge is 2.36. The number of carbonyl (C=O) groups excluding carboxylic acids is 3. The molecule has 2 atom stereocenters. The summed E-state index contributed by atoms with van der Waals surface area (Å²) in [5.74, 6) is -5.63. The maximum Gasteiger partial charge on any atom is 0.263 e. The van der Waals surface area contributed by atoms with Gasteiger partial charge < -0.3 is 20.6 Å². The first-order valence-corrected chi connectivity index (χ1v) is 13.6. The molecular weight excluding hydrogens is 538 g/mol. The van der Waals surface area contributed by atoms with Gasteiger partial charge in [-0.3, -0.25) is 14.4 Å². The Balaban J connectivity index is 1.80. The van der Waals surface area contributed by atoms with Crippen LogP contribution in [0.25, 0.3) is 0 Å². The van der Waals surface area contributed by atoms with Crippen molar-refractivity contribution >= 4 is 29.1 Å². The molecule has 2 aromatic carbocycles. The fourth-order valence-electron chi connectivity index (χ4n) is 4.22. The molecule has 0 fully saturated rings. The number of benzene rings is 2. The van der Waals surface area contributed by atoms with Gasteiger partial charge in [0.1, 0.15) is 4.88 Å². The van der Waals surface area contributed by atoms with Crippen molar-refractivity contribution in [1.29, 1.82) is 0 Å². The zero-order valence-electron chi connectivity index (χ0n) is 22.9. The molecule has 0 aliphatic rings. The third kappa shape index (κ3) is 8.92. The molecule has 0 saturated carbocycles. The molecule has 8 nitrogen and oxygen atoms in total. The summed E-state index contributed by atoms with van der Waals surface area (Å²) in [5.41, 5.74) is 2.99. The monoisotopic (exact) mass is 572 g/mol. The zero-order valence-corrected chi connectivity index (χ0v) is 23.7. The molecule has 0 aliphatic carbocycles. The lowest BCUT2D eigenvalue weighted by Gasteiger charge is -2.31. The van der Waals surface area contributed by atoms with Gasteiger partial charge in [-0.05, 0) is 43.9 Å². The second-order valence-electron chi connectivity index (χ2n) is 9.83. The fraction of sp³-hybridized carbons (Fsp3) is 0.379. The zero-order chi connectivity index (χ0) is 29.4. The molecule has 3 aromatic rings. The Morgan fingerprint density at radius 2 is 1.70 bits per heavy atom. The van der Waals surface area contributed by atoms with Gasteiger partial charge in [0.2, 0.25) is 5.91 Å². The molecule has 3 rings (SSSR count). The Bertz CT molecular complexity index is 1330. The van der Waals surface area contributed by atoms with Gasteiger partial charge in [-0.25, -0.2) is 13.8 Å². The average molecular weight is 573 g/mol. The third-order valence-electron chi connectivity index (χ3n) is 6.21. The number of aliphatic hydroxyl groups is 1. The van der Waals surface area contributed by atoms with Gasteiger partial charge >= 0.3 is 0 Å². The van der Waals surface area contributed by atoms with E-state index in [1.54, 1.807) is 44.2 Å². The molecule has 1 aromatic heterocycles. The topological polar surface area (TPSA) is 112 Å². The van der Waals surface area contributed by atoms with E-state index in [4.69, 9.17) is 0 Å². The van der Waals surface area contributed by atoms with Gasteiger partial charge in [-0.2, -0.15) is 0 Å². The van der Waals surface area contributed by atoms with Gasteiger partial charge in [-0.15, -0.1) is 11.3 Å². The van der Waals surface area contributed by atoms with Crippen LogP contribution in [0.15, 0.2) is 54.6 Å². The molecule has 0 saturated heterocycles. The van der Waals surface area contributed by atoms with Crippen molar-refractivity contribution in [3.63, 3.8) is 0 Å². The van der Waals surface area contributed by atoms with Crippen molar-refractivity contribution in [2.45, 2.75) is 58.7 Å². The van der Waals surface area contributed by atoms with Crippen LogP contribution in [-0.2, 0) is 22.6 Å². The minimum atomic E-state index is -3.33. The van der Waals surface area contributed by atoms with Crippen molar-refractivity contribution < 1.29 is 28.3 Å². The lowest BCUT2D eigenvalue weighted by Crippen LogP contribution is -2.55. The molecule has 3 amide bonds. The molecule has 0 spiro atoms. The second-order valence-corrected chi connectivity index (χ2v) is 11.0. The molecule has 40 heavy (non-hydrogen) atoms. The summed E-state index contributed by atoms with van der Waals surface area (Å²) in [7, 11) is 0. The summed E-state index contributed by atoms with van der Waals surface area (Å²) < 4.78 is 28.2. The Hall–Kier alpha value is -3.70. The number of aryl methyl sites for hydroxylation is 3. The predicted octanol–water partition coefficient (Wildman–Crippen LogP) is 3.57. The molecule has 3 N–H and O–H groups in total. The number of aromatic nitrogens is 1. The maximum atomic E-state index is 14.1. The number of rotatable bonds is 12. The summed E-state index contributed by atoms with van der Waals surface area (Å²) in [5, 5.41) is 17.1. The quantitative estimate of drug-likeness (QED) is 0.307. The van der Waals surface area contributed by atoms with Crippen molar-refractivity contribution in [2.24, 2.45) is 0 Å². The number of hydrogen-bond acceptors (Lipinski definition) is 6. The maximum absolute atomic E-state index is 14.1. The number of hydrogen-bond donors (Lipinski definition) is 3. The first kappa shape index (κ1) is 30.8. The van der Waals surface area contributed by atoms with Crippen molar-refractivity contribution in [1.82, 2.24) is 20.5 Å². The highest BCUT2D eigenvalue weighted by molar-refractivity contribution is 7.13. The van der Waals surface area contributed by atoms with Gasteiger partial charge in [0, 0.05) is 13.5 Å². The van der Waals surface area contributed by atoms with Gasteiger partial charge in [0.25, 0.3) is 17.7 Å². The van der Waals surface area contributed by atoms with Crippen LogP contribution in [0.5, 0.6) is 0 Å². The molecular formula is C29H34F2N4O4S. The van der Waals surface area contributed by atoms with E-state index in [1.807, 2.05) is 31.2 Å². The average Bonchev–Trinajstić information content (AvgIpc) is 3.24. The van der Waals surface area contributed by atoms with E-state index in [2.05, 4.69) is 15.6 Å². The molecule has 0 bridgehead atoms. The van der Waals surface area contributed by atoms with Crippen LogP contribution in [0, 0.1) is 20.8 Å². The van der Waals surface area contributed by atoms with Crippen LogP contribution in [-0.4, -0.2) is 63.9 Å². The van der Waals surface area contributed by atoms with Crippen molar-refractivity contribution in [2.75, 3.05) is 13.1 Å². The molecule has 1 heterocycles. The Labute approximate surface area is 236 Å². The van der Waals surface area contributed by atoms with E-state index < -0.39 is 48.9 Å². The van der Waals surface area contributed by atoms with E-state index in [9.17, 15) is 28.3 Å². The van der Waals surface area contributed by atoms with Crippen LogP contribution in [0.3, 0.4) is 0 Å². The van der Waals surface area contributed by atoms with Crippen LogP contribution >= 0.6 is 11.3 Å². The lowest BCUT2D eigenvalue weighted by atomic mass is 9.99. The minimum Gasteiger partial charge on any atom is -0.381 e.